The monoisotopic (exact) mass is 745 g/mol. The highest BCUT2D eigenvalue weighted by atomic mass is 16.3. The number of nitrogens with one attached hydrogen (secondary N) is 1. The summed E-state index contributed by atoms with van der Waals surface area (Å²) in [6.07, 6.45) is 39.8. The summed E-state index contributed by atoms with van der Waals surface area (Å²) in [7, 11) is 0. The SMILES string of the molecule is CC/C=C\C/C=C\C/C=C\C/C=C\C/C=C\CCCC(=O)N1CC[C@@H](NC(=O)CC[C@@H](C)C2CC[C@H]3[C@@H]4[C@H](O)C[C@@H]5C[C@H](O)CC[C@]5(C)[C@H]4CC[C@]23C)C1. The number of aliphatic hydroxyl groups is 2. The summed E-state index contributed by atoms with van der Waals surface area (Å²) >= 11 is 0. The summed E-state index contributed by atoms with van der Waals surface area (Å²) in [4.78, 5) is 28.0. The van der Waals surface area contributed by atoms with Crippen LogP contribution < -0.4 is 5.32 Å². The van der Waals surface area contributed by atoms with Crippen molar-refractivity contribution in [3.05, 3.63) is 60.8 Å². The van der Waals surface area contributed by atoms with Crippen molar-refractivity contribution >= 4 is 11.8 Å². The molecule has 1 heterocycles. The minimum atomic E-state index is -0.246. The Morgan fingerprint density at radius 3 is 2.09 bits per heavy atom. The summed E-state index contributed by atoms with van der Waals surface area (Å²) in [6, 6.07) is 0.0604. The van der Waals surface area contributed by atoms with E-state index in [1.54, 1.807) is 0 Å². The van der Waals surface area contributed by atoms with Gasteiger partial charge in [0, 0.05) is 32.0 Å². The number of hydrogen-bond acceptors (Lipinski definition) is 4. The van der Waals surface area contributed by atoms with Gasteiger partial charge in [0.2, 0.25) is 11.8 Å². The lowest BCUT2D eigenvalue weighted by Gasteiger charge is -2.62. The molecule has 1 unspecified atom stereocenters. The Bertz CT molecular complexity index is 1350. The maximum absolute atomic E-state index is 13.1. The fraction of sp³-hybridized carbons (Fsp3) is 0.750. The number of rotatable bonds is 18. The van der Waals surface area contributed by atoms with Gasteiger partial charge in [-0.1, -0.05) is 88.5 Å². The molecule has 0 bridgehead atoms. The lowest BCUT2D eigenvalue weighted by molar-refractivity contribution is -0.174. The zero-order valence-electron chi connectivity index (χ0n) is 34.5. The summed E-state index contributed by atoms with van der Waals surface area (Å²) in [5.41, 5.74) is 0.485. The molecule has 1 saturated heterocycles. The molecule has 54 heavy (non-hydrogen) atoms. The minimum absolute atomic E-state index is 0.0604. The van der Waals surface area contributed by atoms with E-state index in [-0.39, 0.29) is 40.9 Å². The second kappa shape index (κ2) is 20.6. The quantitative estimate of drug-likeness (QED) is 0.0963. The molecule has 6 heteroatoms. The van der Waals surface area contributed by atoms with Crippen LogP contribution in [0, 0.1) is 46.3 Å². The first-order chi connectivity index (χ1) is 26.1. The van der Waals surface area contributed by atoms with Gasteiger partial charge >= 0.3 is 0 Å². The number of nitrogens with zero attached hydrogens (tertiary/aromatic N) is 1. The molecule has 0 aromatic rings. The lowest BCUT2D eigenvalue weighted by atomic mass is 9.43. The van der Waals surface area contributed by atoms with Crippen molar-refractivity contribution in [2.24, 2.45) is 46.3 Å². The second-order valence-corrected chi connectivity index (χ2v) is 18.5. The van der Waals surface area contributed by atoms with Gasteiger partial charge in [0.25, 0.3) is 0 Å². The maximum atomic E-state index is 13.1. The van der Waals surface area contributed by atoms with E-state index in [0.717, 1.165) is 90.0 Å². The molecule has 0 aromatic carbocycles. The van der Waals surface area contributed by atoms with Crippen molar-refractivity contribution in [1.29, 1.82) is 0 Å². The first kappa shape index (κ1) is 42.7. The van der Waals surface area contributed by atoms with Crippen LogP contribution in [0.5, 0.6) is 0 Å². The predicted molar refractivity (Wildman–Crippen MR) is 222 cm³/mol. The van der Waals surface area contributed by atoms with Crippen LogP contribution in [0.4, 0.5) is 0 Å². The van der Waals surface area contributed by atoms with E-state index in [1.807, 2.05) is 4.90 Å². The molecule has 1 aliphatic heterocycles. The fourth-order valence-electron chi connectivity index (χ4n) is 12.0. The molecule has 0 radical (unpaired) electrons. The highest BCUT2D eigenvalue weighted by molar-refractivity contribution is 5.78. The number of likely N-dealkylation sites (tertiary alicyclic amines) is 1. The number of aliphatic hydroxyl groups excluding tert-OH is 2. The molecular weight excluding hydrogens is 669 g/mol. The van der Waals surface area contributed by atoms with Crippen LogP contribution >= 0.6 is 0 Å². The van der Waals surface area contributed by atoms with E-state index >= 15 is 0 Å². The maximum Gasteiger partial charge on any atom is 0.222 e. The van der Waals surface area contributed by atoms with Crippen molar-refractivity contribution in [2.45, 2.75) is 168 Å². The van der Waals surface area contributed by atoms with Crippen LogP contribution in [0.1, 0.15) is 150 Å². The second-order valence-electron chi connectivity index (χ2n) is 18.5. The summed E-state index contributed by atoms with van der Waals surface area (Å²) in [5, 5.41) is 25.2. The smallest absolute Gasteiger partial charge is 0.222 e. The Balaban J connectivity index is 0.942. The lowest BCUT2D eigenvalue weighted by Crippen LogP contribution is -2.58. The van der Waals surface area contributed by atoms with Crippen molar-refractivity contribution in [3.63, 3.8) is 0 Å². The van der Waals surface area contributed by atoms with Crippen LogP contribution in [0.25, 0.3) is 0 Å². The predicted octanol–water partition coefficient (Wildman–Crippen LogP) is 10.0. The third-order valence-electron chi connectivity index (χ3n) is 15.1. The number of carbonyl (C=O) groups excluding carboxylic acids is 2. The van der Waals surface area contributed by atoms with Crippen molar-refractivity contribution in [1.82, 2.24) is 10.2 Å². The van der Waals surface area contributed by atoms with Crippen molar-refractivity contribution < 1.29 is 19.8 Å². The topological polar surface area (TPSA) is 89.9 Å². The Kier molecular flexibility index (Phi) is 16.3. The average molecular weight is 745 g/mol. The van der Waals surface area contributed by atoms with E-state index in [9.17, 15) is 19.8 Å². The fourth-order valence-corrected chi connectivity index (χ4v) is 12.0. The van der Waals surface area contributed by atoms with E-state index in [4.69, 9.17) is 0 Å². The largest absolute Gasteiger partial charge is 0.393 e. The Labute approximate surface area is 329 Å². The summed E-state index contributed by atoms with van der Waals surface area (Å²) in [6.45, 7) is 10.9. The molecule has 3 N–H and O–H groups in total. The number of allylic oxidation sites excluding steroid dienone is 10. The van der Waals surface area contributed by atoms with E-state index < -0.39 is 0 Å². The minimum Gasteiger partial charge on any atom is -0.393 e. The molecule has 0 aromatic heterocycles. The van der Waals surface area contributed by atoms with Crippen LogP contribution in [-0.2, 0) is 9.59 Å². The van der Waals surface area contributed by atoms with Crippen LogP contribution in [0.15, 0.2) is 60.8 Å². The number of unbranched alkanes of at least 4 members (excludes halogenated alkanes) is 1. The molecule has 6 nitrogen and oxygen atoms in total. The van der Waals surface area contributed by atoms with Gasteiger partial charge in [-0.2, -0.15) is 0 Å². The van der Waals surface area contributed by atoms with Gasteiger partial charge in [-0.3, -0.25) is 9.59 Å². The highest BCUT2D eigenvalue weighted by Crippen LogP contribution is 2.68. The van der Waals surface area contributed by atoms with Gasteiger partial charge in [0.05, 0.1) is 12.2 Å². The molecule has 4 saturated carbocycles. The Morgan fingerprint density at radius 2 is 1.41 bits per heavy atom. The van der Waals surface area contributed by atoms with Crippen molar-refractivity contribution in [2.75, 3.05) is 13.1 Å². The first-order valence-electron chi connectivity index (χ1n) is 22.2. The standard InChI is InChI=1S/C48H76N2O4/c1-5-6-7-8-9-10-11-12-13-14-15-16-17-18-19-20-21-22-45(54)50-32-29-38(35-50)49-44(53)26-23-36(2)40-24-25-41-46-42(28-31-48(40,41)4)47(3)30-27-39(51)33-37(47)34-43(46)52/h6-7,9-10,12-13,15-16,18-19,36-43,46,51-52H,5,8,11,14,17,20-35H2,1-4H3,(H,49,53)/b7-6-,10-9-,13-12-,16-15-,19-18-/t36-,37+,38-,39-,40?,41+,42+,43-,46+,47+,48-/m1/s1. The number of carbonyl (C=O) groups is 2. The first-order valence-corrected chi connectivity index (χ1v) is 22.2. The van der Waals surface area contributed by atoms with Crippen LogP contribution in [-0.4, -0.2) is 58.3 Å². The van der Waals surface area contributed by atoms with Gasteiger partial charge in [0.1, 0.15) is 0 Å². The van der Waals surface area contributed by atoms with Crippen LogP contribution in [0.2, 0.25) is 0 Å². The molecule has 2 amide bonds. The molecule has 11 atom stereocenters. The normalized spacial score (nSPS) is 36.1. The molecule has 5 rings (SSSR count). The number of fused-ring (bicyclic) bond motifs is 5. The van der Waals surface area contributed by atoms with Crippen LogP contribution in [0.3, 0.4) is 0 Å². The molecule has 4 aliphatic carbocycles. The molecule has 0 spiro atoms. The van der Waals surface area contributed by atoms with Gasteiger partial charge in [0.15, 0.2) is 0 Å². The summed E-state index contributed by atoms with van der Waals surface area (Å²) < 4.78 is 0. The number of amides is 2. The van der Waals surface area contributed by atoms with Gasteiger partial charge < -0.3 is 20.4 Å². The Hall–Kier alpha value is -2.44. The average Bonchev–Trinajstić information content (AvgIpc) is 3.76. The number of hydrogen-bond donors (Lipinski definition) is 3. The Morgan fingerprint density at radius 1 is 0.778 bits per heavy atom. The van der Waals surface area contributed by atoms with E-state index in [2.05, 4.69) is 93.8 Å². The third-order valence-corrected chi connectivity index (χ3v) is 15.1. The van der Waals surface area contributed by atoms with Crippen molar-refractivity contribution in [3.8, 4) is 0 Å². The van der Waals surface area contributed by atoms with Gasteiger partial charge in [-0.05, 0) is 155 Å². The molecule has 5 aliphatic rings. The summed E-state index contributed by atoms with van der Waals surface area (Å²) in [5.74, 6) is 3.36. The molecule has 302 valence electrons. The third kappa shape index (κ3) is 10.9. The van der Waals surface area contributed by atoms with E-state index in [0.29, 0.717) is 54.9 Å². The zero-order chi connectivity index (χ0) is 38.6. The highest BCUT2D eigenvalue weighted by Gasteiger charge is 2.62. The molecular formula is C48H76N2O4. The van der Waals surface area contributed by atoms with Gasteiger partial charge in [-0.15, -0.1) is 0 Å². The zero-order valence-corrected chi connectivity index (χ0v) is 34.5. The molecule has 5 fully saturated rings. The van der Waals surface area contributed by atoms with Gasteiger partial charge in [-0.25, -0.2) is 0 Å². The van der Waals surface area contributed by atoms with E-state index in [1.165, 1.54) is 25.7 Å².